The van der Waals surface area contributed by atoms with Crippen LogP contribution in [0.25, 0.3) is 0 Å². The third-order valence-corrected chi connectivity index (χ3v) is 2.78. The van der Waals surface area contributed by atoms with Gasteiger partial charge in [0.1, 0.15) is 5.75 Å². The van der Waals surface area contributed by atoms with Gasteiger partial charge >= 0.3 is 11.9 Å². The number of para-hydroxylation sites is 1. The lowest BCUT2D eigenvalue weighted by atomic mass is 10.1. The highest BCUT2D eigenvalue weighted by Crippen LogP contribution is 2.25. The number of carbonyl (C=O) groups is 2. The van der Waals surface area contributed by atoms with E-state index < -0.39 is 11.9 Å². The van der Waals surface area contributed by atoms with Crippen molar-refractivity contribution in [3.8, 4) is 5.75 Å². The molecule has 2 N–H and O–H groups in total. The quantitative estimate of drug-likeness (QED) is 0.662. The van der Waals surface area contributed by atoms with Gasteiger partial charge in [-0.2, -0.15) is 0 Å². The second-order valence-corrected chi connectivity index (χ2v) is 4.21. The molecule has 0 spiro atoms. The minimum Gasteiger partial charge on any atom is -0.478 e. The van der Waals surface area contributed by atoms with Crippen LogP contribution in [0.5, 0.6) is 5.75 Å². The predicted molar refractivity (Wildman–Crippen MR) is 75.9 cm³/mol. The van der Waals surface area contributed by atoms with Crippen molar-refractivity contribution >= 4 is 35.9 Å². The molecule has 0 amide bonds. The van der Waals surface area contributed by atoms with Gasteiger partial charge in [-0.05, 0) is 12.1 Å². The first-order valence-corrected chi connectivity index (χ1v) is 5.80. The summed E-state index contributed by atoms with van der Waals surface area (Å²) in [6.45, 7) is 0. The number of dihydropyridines is 1. The van der Waals surface area contributed by atoms with E-state index in [1.165, 1.54) is 12.4 Å². The van der Waals surface area contributed by atoms with E-state index in [1.54, 1.807) is 24.3 Å². The Morgan fingerprint density at radius 1 is 1.20 bits per heavy atom. The zero-order valence-corrected chi connectivity index (χ0v) is 11.7. The summed E-state index contributed by atoms with van der Waals surface area (Å²) in [6, 6.07) is 6.56. The van der Waals surface area contributed by atoms with E-state index in [-0.39, 0.29) is 35.7 Å². The largest absolute Gasteiger partial charge is 0.478 e. The molecule has 0 bridgehead atoms. The number of nitrogens with one attached hydrogen (secondary N) is 1. The first-order valence-electron chi connectivity index (χ1n) is 5.42. The standard InChI is InChI=1S/C13H10ClNO4.ClH/c14-10-3-1-2-4-11(10)19-13(18)9-5-8(12(16)17)6-15-7-9;/h1-4,6-7,15H,5H2,(H,16,17);1H. The number of carboxylic acids is 1. The maximum absolute atomic E-state index is 11.9. The van der Waals surface area contributed by atoms with Crippen molar-refractivity contribution in [1.29, 1.82) is 0 Å². The van der Waals surface area contributed by atoms with Gasteiger partial charge < -0.3 is 15.2 Å². The predicted octanol–water partition coefficient (Wildman–Crippen LogP) is 2.51. The number of halogens is 2. The summed E-state index contributed by atoms with van der Waals surface area (Å²) in [5.41, 5.74) is 0.313. The van der Waals surface area contributed by atoms with Crippen molar-refractivity contribution in [2.75, 3.05) is 0 Å². The van der Waals surface area contributed by atoms with E-state index in [9.17, 15) is 9.59 Å². The van der Waals surface area contributed by atoms with E-state index in [2.05, 4.69) is 5.32 Å². The maximum Gasteiger partial charge on any atom is 0.341 e. The molecule has 1 aliphatic rings. The number of hydrogen-bond donors (Lipinski definition) is 2. The van der Waals surface area contributed by atoms with Crippen LogP contribution in [-0.4, -0.2) is 17.0 Å². The average molecular weight is 316 g/mol. The summed E-state index contributed by atoms with van der Waals surface area (Å²) in [5.74, 6) is -1.47. The number of hydrogen-bond acceptors (Lipinski definition) is 4. The Hall–Kier alpha value is -1.98. The lowest BCUT2D eigenvalue weighted by molar-refractivity contribution is -0.132. The first kappa shape index (κ1) is 16.1. The van der Waals surface area contributed by atoms with Gasteiger partial charge in [0.25, 0.3) is 0 Å². The summed E-state index contributed by atoms with van der Waals surface area (Å²) in [6.07, 6.45) is 2.74. The van der Waals surface area contributed by atoms with E-state index >= 15 is 0 Å². The Kier molecular flexibility index (Phi) is 5.61. The summed E-state index contributed by atoms with van der Waals surface area (Å²) in [7, 11) is 0. The molecular weight excluding hydrogens is 305 g/mol. The second-order valence-electron chi connectivity index (χ2n) is 3.81. The molecule has 1 aromatic rings. The normalized spacial score (nSPS) is 13.2. The molecule has 0 saturated carbocycles. The van der Waals surface area contributed by atoms with Gasteiger partial charge in [0.2, 0.25) is 0 Å². The monoisotopic (exact) mass is 315 g/mol. The average Bonchev–Trinajstić information content (AvgIpc) is 2.41. The van der Waals surface area contributed by atoms with Gasteiger partial charge in [-0.1, -0.05) is 23.7 Å². The molecule has 0 atom stereocenters. The van der Waals surface area contributed by atoms with Crippen LogP contribution in [0.4, 0.5) is 0 Å². The molecular formula is C13H11Cl2NO4. The minimum absolute atomic E-state index is 0. The SMILES string of the molecule is Cl.O=C(O)C1=CNC=C(C(=O)Oc2ccccc2Cl)C1. The van der Waals surface area contributed by atoms with Crippen molar-refractivity contribution in [3.05, 3.63) is 52.8 Å². The van der Waals surface area contributed by atoms with Gasteiger partial charge in [-0.15, -0.1) is 12.4 Å². The Morgan fingerprint density at radius 2 is 1.85 bits per heavy atom. The number of carboxylic acid groups (broad SMARTS) is 1. The van der Waals surface area contributed by atoms with Crippen molar-refractivity contribution < 1.29 is 19.4 Å². The van der Waals surface area contributed by atoms with Gasteiger partial charge in [0.15, 0.2) is 0 Å². The highest BCUT2D eigenvalue weighted by atomic mass is 35.5. The van der Waals surface area contributed by atoms with Crippen LogP contribution in [0.2, 0.25) is 5.02 Å². The smallest absolute Gasteiger partial charge is 0.341 e. The highest BCUT2D eigenvalue weighted by molar-refractivity contribution is 6.32. The summed E-state index contributed by atoms with van der Waals surface area (Å²) >= 11 is 5.87. The first-order chi connectivity index (χ1) is 9.08. The molecule has 0 saturated heterocycles. The summed E-state index contributed by atoms with van der Waals surface area (Å²) in [4.78, 5) is 22.7. The minimum atomic E-state index is -1.08. The van der Waals surface area contributed by atoms with Crippen LogP contribution in [0.15, 0.2) is 47.8 Å². The van der Waals surface area contributed by atoms with E-state index in [0.717, 1.165) is 0 Å². The molecule has 5 nitrogen and oxygen atoms in total. The van der Waals surface area contributed by atoms with Crippen LogP contribution in [0, 0.1) is 0 Å². The van der Waals surface area contributed by atoms with Gasteiger partial charge in [-0.3, -0.25) is 0 Å². The Morgan fingerprint density at radius 3 is 2.50 bits per heavy atom. The fourth-order valence-electron chi connectivity index (χ4n) is 1.51. The van der Waals surface area contributed by atoms with Crippen LogP contribution in [0.3, 0.4) is 0 Å². The summed E-state index contributed by atoms with van der Waals surface area (Å²) in [5, 5.41) is 11.8. The molecule has 20 heavy (non-hydrogen) atoms. The third-order valence-electron chi connectivity index (χ3n) is 2.47. The molecule has 1 aromatic carbocycles. The lowest BCUT2D eigenvalue weighted by Crippen LogP contribution is -2.20. The molecule has 2 rings (SSSR count). The molecule has 0 aromatic heterocycles. The Balaban J connectivity index is 0.00000200. The Labute approximate surface area is 126 Å². The molecule has 7 heteroatoms. The topological polar surface area (TPSA) is 75.6 Å². The van der Waals surface area contributed by atoms with Gasteiger partial charge in [0.05, 0.1) is 16.2 Å². The lowest BCUT2D eigenvalue weighted by Gasteiger charge is -2.13. The number of rotatable bonds is 3. The van der Waals surface area contributed by atoms with Gasteiger partial charge in [0, 0.05) is 18.8 Å². The highest BCUT2D eigenvalue weighted by Gasteiger charge is 2.20. The fourth-order valence-corrected chi connectivity index (χ4v) is 1.69. The van der Waals surface area contributed by atoms with Crippen molar-refractivity contribution in [1.82, 2.24) is 5.32 Å². The van der Waals surface area contributed by atoms with Crippen LogP contribution < -0.4 is 10.1 Å². The van der Waals surface area contributed by atoms with E-state index in [4.69, 9.17) is 21.4 Å². The van der Waals surface area contributed by atoms with Gasteiger partial charge in [-0.25, -0.2) is 9.59 Å². The van der Waals surface area contributed by atoms with Crippen LogP contribution in [-0.2, 0) is 9.59 Å². The van der Waals surface area contributed by atoms with E-state index in [0.29, 0.717) is 5.02 Å². The number of ether oxygens (including phenoxy) is 1. The Bertz CT molecular complexity index is 596. The third kappa shape index (κ3) is 3.76. The number of esters is 1. The second kappa shape index (κ2) is 6.98. The molecule has 0 aliphatic carbocycles. The molecule has 1 heterocycles. The van der Waals surface area contributed by atoms with Crippen LogP contribution >= 0.6 is 24.0 Å². The zero-order valence-electron chi connectivity index (χ0n) is 10.1. The number of aliphatic carboxylic acids is 1. The number of carbonyl (C=O) groups excluding carboxylic acids is 1. The summed E-state index contributed by atoms with van der Waals surface area (Å²) < 4.78 is 5.11. The molecule has 0 radical (unpaired) electrons. The fraction of sp³-hybridized carbons (Fsp3) is 0.0769. The molecule has 1 aliphatic heterocycles. The van der Waals surface area contributed by atoms with Crippen molar-refractivity contribution in [2.45, 2.75) is 6.42 Å². The molecule has 0 fully saturated rings. The zero-order chi connectivity index (χ0) is 13.8. The van der Waals surface area contributed by atoms with E-state index in [1.807, 2.05) is 0 Å². The number of benzene rings is 1. The van der Waals surface area contributed by atoms with Crippen LogP contribution in [0.1, 0.15) is 6.42 Å². The van der Waals surface area contributed by atoms with Crippen molar-refractivity contribution in [3.63, 3.8) is 0 Å². The maximum atomic E-state index is 11.9. The van der Waals surface area contributed by atoms with Crippen molar-refractivity contribution in [2.24, 2.45) is 0 Å². The molecule has 106 valence electrons. The molecule has 0 unspecified atom stereocenters.